The Morgan fingerprint density at radius 1 is 1.18 bits per heavy atom. The third-order valence-electron chi connectivity index (χ3n) is 4.55. The van der Waals surface area contributed by atoms with Crippen LogP contribution in [0.5, 0.6) is 0 Å². The Labute approximate surface area is 170 Å². The molecule has 28 heavy (non-hydrogen) atoms. The van der Waals surface area contributed by atoms with Gasteiger partial charge in [0.1, 0.15) is 17.9 Å². The molecular weight excluding hydrogens is 408 g/mol. The molecule has 4 amide bonds. The summed E-state index contributed by atoms with van der Waals surface area (Å²) in [6.45, 7) is 1.22. The molecule has 146 valence electrons. The number of nitrogens with zero attached hydrogens (tertiary/aromatic N) is 1. The number of carbonyl (C=O) groups is 3. The molecule has 0 aromatic heterocycles. The van der Waals surface area contributed by atoms with Gasteiger partial charge in [-0.1, -0.05) is 42.3 Å². The zero-order chi connectivity index (χ0) is 20.5. The van der Waals surface area contributed by atoms with Crippen LogP contribution in [0.4, 0.5) is 14.9 Å². The Balaban J connectivity index is 1.80. The maximum absolute atomic E-state index is 13.2. The van der Waals surface area contributed by atoms with E-state index in [1.165, 1.54) is 36.4 Å². The highest BCUT2D eigenvalue weighted by Gasteiger charge is 2.51. The van der Waals surface area contributed by atoms with Gasteiger partial charge in [0, 0.05) is 5.02 Å². The topological polar surface area (TPSA) is 78.5 Å². The van der Waals surface area contributed by atoms with Crippen LogP contribution in [0.2, 0.25) is 10.0 Å². The van der Waals surface area contributed by atoms with Gasteiger partial charge in [0.25, 0.3) is 5.91 Å². The number of nitrogens with one attached hydrogen (secondary N) is 2. The molecule has 3 rings (SSSR count). The first kappa shape index (κ1) is 20.1. The molecule has 1 fully saturated rings. The summed E-state index contributed by atoms with van der Waals surface area (Å²) in [6, 6.07) is 9.13. The summed E-state index contributed by atoms with van der Waals surface area (Å²) in [5.74, 6) is -1.65. The number of imide groups is 1. The van der Waals surface area contributed by atoms with Crippen molar-refractivity contribution in [1.29, 1.82) is 0 Å². The fraction of sp³-hybridized carbons (Fsp3) is 0.211. The lowest BCUT2D eigenvalue weighted by atomic mass is 9.87. The fourth-order valence-corrected chi connectivity index (χ4v) is 3.41. The Morgan fingerprint density at radius 3 is 2.50 bits per heavy atom. The SMILES string of the molecule is CCC1(c2ccc(F)cc2)NC(=O)N(CC(=O)Nc2cc(Cl)ccc2Cl)C1=O. The molecule has 1 saturated heterocycles. The summed E-state index contributed by atoms with van der Waals surface area (Å²) in [6.07, 6.45) is 0.238. The van der Waals surface area contributed by atoms with Gasteiger partial charge in [0.15, 0.2) is 0 Å². The smallest absolute Gasteiger partial charge is 0.323 e. The van der Waals surface area contributed by atoms with E-state index in [9.17, 15) is 18.8 Å². The first-order chi connectivity index (χ1) is 13.3. The molecule has 1 aliphatic heterocycles. The van der Waals surface area contributed by atoms with Crippen molar-refractivity contribution in [3.8, 4) is 0 Å². The average molecular weight is 424 g/mol. The van der Waals surface area contributed by atoms with Crippen molar-refractivity contribution in [2.75, 3.05) is 11.9 Å². The fourth-order valence-electron chi connectivity index (χ4n) is 3.07. The number of carbonyl (C=O) groups excluding carboxylic acids is 3. The number of benzene rings is 2. The molecular formula is C19H16Cl2FN3O3. The van der Waals surface area contributed by atoms with Gasteiger partial charge in [-0.25, -0.2) is 9.18 Å². The van der Waals surface area contributed by atoms with Crippen LogP contribution < -0.4 is 10.6 Å². The van der Waals surface area contributed by atoms with Gasteiger partial charge in [-0.05, 0) is 42.3 Å². The molecule has 1 heterocycles. The monoisotopic (exact) mass is 423 g/mol. The van der Waals surface area contributed by atoms with Crippen molar-refractivity contribution in [2.24, 2.45) is 0 Å². The minimum atomic E-state index is -1.35. The highest BCUT2D eigenvalue weighted by atomic mass is 35.5. The Hall–Kier alpha value is -2.64. The van der Waals surface area contributed by atoms with E-state index in [0.717, 1.165) is 4.90 Å². The third-order valence-corrected chi connectivity index (χ3v) is 5.11. The molecule has 0 saturated carbocycles. The summed E-state index contributed by atoms with van der Waals surface area (Å²) >= 11 is 11.9. The van der Waals surface area contributed by atoms with Crippen molar-refractivity contribution >= 4 is 46.7 Å². The van der Waals surface area contributed by atoms with E-state index in [4.69, 9.17) is 23.2 Å². The molecule has 1 unspecified atom stereocenters. The summed E-state index contributed by atoms with van der Waals surface area (Å²) < 4.78 is 13.2. The second kappa shape index (κ2) is 7.77. The number of hydrogen-bond acceptors (Lipinski definition) is 3. The lowest BCUT2D eigenvalue weighted by Gasteiger charge is -2.25. The number of halogens is 3. The molecule has 0 radical (unpaired) electrons. The van der Waals surface area contributed by atoms with E-state index in [1.54, 1.807) is 13.0 Å². The maximum Gasteiger partial charge on any atom is 0.325 e. The van der Waals surface area contributed by atoms with Gasteiger partial charge in [0.2, 0.25) is 5.91 Å². The molecule has 0 aliphatic carbocycles. The summed E-state index contributed by atoms with van der Waals surface area (Å²) in [5, 5.41) is 5.80. The maximum atomic E-state index is 13.2. The first-order valence-electron chi connectivity index (χ1n) is 8.42. The minimum absolute atomic E-state index is 0.238. The number of urea groups is 1. The van der Waals surface area contributed by atoms with E-state index in [1.807, 2.05) is 0 Å². The first-order valence-corrected chi connectivity index (χ1v) is 9.17. The number of rotatable bonds is 5. The molecule has 0 bridgehead atoms. The van der Waals surface area contributed by atoms with Crippen molar-refractivity contribution in [3.05, 3.63) is 63.9 Å². The van der Waals surface area contributed by atoms with Crippen LogP contribution in [0.15, 0.2) is 42.5 Å². The number of hydrogen-bond donors (Lipinski definition) is 2. The van der Waals surface area contributed by atoms with Gasteiger partial charge in [-0.15, -0.1) is 0 Å². The van der Waals surface area contributed by atoms with E-state index in [0.29, 0.717) is 10.6 Å². The zero-order valence-electron chi connectivity index (χ0n) is 14.8. The predicted molar refractivity (Wildman–Crippen MR) is 104 cm³/mol. The van der Waals surface area contributed by atoms with Gasteiger partial charge in [-0.2, -0.15) is 0 Å². The standard InChI is InChI=1S/C19H16Cl2FN3O3/c1-2-19(11-3-6-13(22)7-4-11)17(27)25(18(28)24-19)10-16(26)23-15-9-12(20)5-8-14(15)21/h3-9H,2,10H2,1H3,(H,23,26)(H,24,28). The van der Waals surface area contributed by atoms with E-state index in [2.05, 4.69) is 10.6 Å². The second-order valence-electron chi connectivity index (χ2n) is 6.26. The average Bonchev–Trinajstić information content (AvgIpc) is 2.90. The van der Waals surface area contributed by atoms with Crippen molar-refractivity contribution < 1.29 is 18.8 Å². The van der Waals surface area contributed by atoms with Crippen LogP contribution in [-0.2, 0) is 15.1 Å². The number of amides is 4. The highest BCUT2D eigenvalue weighted by Crippen LogP contribution is 2.32. The minimum Gasteiger partial charge on any atom is -0.323 e. The highest BCUT2D eigenvalue weighted by molar-refractivity contribution is 6.35. The normalized spacial score (nSPS) is 18.9. The molecule has 1 aliphatic rings. The Kier molecular flexibility index (Phi) is 5.58. The van der Waals surface area contributed by atoms with Crippen molar-refractivity contribution in [1.82, 2.24) is 10.2 Å². The van der Waals surface area contributed by atoms with E-state index >= 15 is 0 Å². The lowest BCUT2D eigenvalue weighted by molar-refractivity contribution is -0.134. The van der Waals surface area contributed by atoms with Gasteiger partial charge < -0.3 is 10.6 Å². The van der Waals surface area contributed by atoms with E-state index < -0.39 is 35.7 Å². The summed E-state index contributed by atoms with van der Waals surface area (Å²) in [7, 11) is 0. The molecule has 2 N–H and O–H groups in total. The Morgan fingerprint density at radius 2 is 1.86 bits per heavy atom. The lowest BCUT2D eigenvalue weighted by Crippen LogP contribution is -2.44. The largest absolute Gasteiger partial charge is 0.325 e. The summed E-state index contributed by atoms with van der Waals surface area (Å²) in [4.78, 5) is 38.6. The molecule has 9 heteroatoms. The third kappa shape index (κ3) is 3.68. The van der Waals surface area contributed by atoms with Crippen molar-refractivity contribution in [3.63, 3.8) is 0 Å². The molecule has 2 aromatic carbocycles. The van der Waals surface area contributed by atoms with Crippen LogP contribution in [0.25, 0.3) is 0 Å². The van der Waals surface area contributed by atoms with Crippen LogP contribution in [-0.4, -0.2) is 29.3 Å². The van der Waals surface area contributed by atoms with Crippen LogP contribution >= 0.6 is 23.2 Å². The summed E-state index contributed by atoms with van der Waals surface area (Å²) in [5.41, 5.74) is -0.638. The quantitative estimate of drug-likeness (QED) is 0.715. The Bertz CT molecular complexity index is 952. The van der Waals surface area contributed by atoms with Crippen LogP contribution in [0.1, 0.15) is 18.9 Å². The van der Waals surface area contributed by atoms with Crippen LogP contribution in [0, 0.1) is 5.82 Å². The number of anilines is 1. The molecule has 2 aromatic rings. The second-order valence-corrected chi connectivity index (χ2v) is 7.10. The molecule has 1 atom stereocenters. The van der Waals surface area contributed by atoms with Crippen molar-refractivity contribution in [2.45, 2.75) is 18.9 Å². The van der Waals surface area contributed by atoms with Gasteiger partial charge in [0.05, 0.1) is 10.7 Å². The van der Waals surface area contributed by atoms with Gasteiger partial charge >= 0.3 is 6.03 Å². The molecule has 0 spiro atoms. The molecule has 6 nitrogen and oxygen atoms in total. The predicted octanol–water partition coefficient (Wildman–Crippen LogP) is 3.93. The zero-order valence-corrected chi connectivity index (χ0v) is 16.3. The van der Waals surface area contributed by atoms with E-state index in [-0.39, 0.29) is 17.1 Å². The van der Waals surface area contributed by atoms with Crippen LogP contribution in [0.3, 0.4) is 0 Å². The van der Waals surface area contributed by atoms with Gasteiger partial charge in [-0.3, -0.25) is 14.5 Å².